The third-order valence-electron chi connectivity index (χ3n) is 11.2. The van der Waals surface area contributed by atoms with E-state index in [2.05, 4.69) is 15.2 Å². The number of thioether (sulfide) groups is 1. The molecule has 0 spiro atoms. The monoisotopic (exact) mass is 731 g/mol. The molecule has 9 rings (SSSR count). The normalized spacial score (nSPS) is 25.6. The van der Waals surface area contributed by atoms with Crippen LogP contribution in [0.3, 0.4) is 0 Å². The Balaban J connectivity index is 1.16. The lowest BCUT2D eigenvalue weighted by Gasteiger charge is -2.34. The van der Waals surface area contributed by atoms with Gasteiger partial charge in [0.1, 0.15) is 17.1 Å². The number of rotatable bonds is 8. The minimum Gasteiger partial charge on any atom is -0.508 e. The molecule has 2 unspecified atom stereocenters. The summed E-state index contributed by atoms with van der Waals surface area (Å²) in [6.07, 6.45) is 3.72. The van der Waals surface area contributed by atoms with Crippen molar-refractivity contribution in [3.63, 3.8) is 0 Å². The number of phenolic OH excluding ortho intramolecular Hbond substituents is 1. The van der Waals surface area contributed by atoms with Gasteiger partial charge >= 0.3 is 11.5 Å². The van der Waals surface area contributed by atoms with Crippen molar-refractivity contribution >= 4 is 39.3 Å². The molecule has 8 nitrogen and oxygen atoms in total. The fourth-order valence-corrected chi connectivity index (χ4v) is 9.34. The number of benzene rings is 3. The maximum absolute atomic E-state index is 17.2. The first-order valence-electron chi connectivity index (χ1n) is 17.3. The van der Waals surface area contributed by atoms with Gasteiger partial charge in [-0.05, 0) is 67.1 Å². The molecule has 4 atom stereocenters. The molecule has 4 saturated heterocycles. The van der Waals surface area contributed by atoms with Crippen LogP contribution < -0.4 is 15.0 Å². The van der Waals surface area contributed by atoms with E-state index in [9.17, 15) is 22.7 Å². The molecule has 4 aromatic rings. The summed E-state index contributed by atoms with van der Waals surface area (Å²) in [5.41, 5.74) is -6.40. The van der Waals surface area contributed by atoms with Crippen molar-refractivity contribution < 1.29 is 40.9 Å². The molecule has 0 amide bonds. The maximum Gasteiger partial charge on any atom is 0.446 e. The lowest BCUT2D eigenvalue weighted by Crippen LogP contribution is -2.51. The summed E-state index contributed by atoms with van der Waals surface area (Å²) < 4.78 is 101. The fraction of sp³-hybridized carbons (Fsp3) is 0.500. The number of phenols is 1. The van der Waals surface area contributed by atoms with Crippen LogP contribution >= 0.6 is 11.8 Å². The highest BCUT2D eigenvalue weighted by Gasteiger charge is 2.48. The number of ether oxygens (including phenoxy) is 2. The van der Waals surface area contributed by atoms with Crippen molar-refractivity contribution in [1.29, 1.82) is 0 Å². The molecule has 4 aliphatic heterocycles. The number of nitrogens with zero attached hydrogens (tertiary/aromatic N) is 4. The van der Waals surface area contributed by atoms with Crippen LogP contribution in [0, 0.1) is 34.7 Å². The summed E-state index contributed by atoms with van der Waals surface area (Å²) in [5.74, 6) is -2.97. The molecule has 1 aliphatic carbocycles. The van der Waals surface area contributed by atoms with Gasteiger partial charge in [0, 0.05) is 88.9 Å². The van der Waals surface area contributed by atoms with Crippen molar-refractivity contribution in [2.75, 3.05) is 57.4 Å². The van der Waals surface area contributed by atoms with E-state index >= 15 is 8.78 Å². The van der Waals surface area contributed by atoms with E-state index in [1.54, 1.807) is 0 Å². The van der Waals surface area contributed by atoms with Crippen LogP contribution in [-0.2, 0) is 4.74 Å². The first kappa shape index (κ1) is 33.3. The summed E-state index contributed by atoms with van der Waals surface area (Å²) in [6.45, 7) is 5.62. The summed E-state index contributed by atoms with van der Waals surface area (Å²) >= 11 is -0.576. The molecule has 2 bridgehead atoms. The lowest BCUT2D eigenvalue weighted by atomic mass is 9.95. The molecule has 3 aromatic carbocycles. The average molecular weight is 732 g/mol. The lowest BCUT2D eigenvalue weighted by molar-refractivity contribution is -0.0328. The predicted octanol–water partition coefficient (Wildman–Crippen LogP) is 6.86. The Kier molecular flexibility index (Phi) is 8.02. The second kappa shape index (κ2) is 12.3. The van der Waals surface area contributed by atoms with Gasteiger partial charge in [-0.15, -0.1) is 0 Å². The molecule has 5 aliphatic rings. The average Bonchev–Trinajstić information content (AvgIpc) is 3.32. The third-order valence-corrected chi connectivity index (χ3v) is 12.0. The van der Waals surface area contributed by atoms with Gasteiger partial charge in [-0.3, -0.25) is 0 Å². The van der Waals surface area contributed by atoms with E-state index in [1.807, 2.05) is 4.90 Å². The third kappa shape index (κ3) is 6.23. The van der Waals surface area contributed by atoms with Crippen LogP contribution in [-0.4, -0.2) is 90.1 Å². The topological polar surface area (TPSA) is 83.0 Å². The van der Waals surface area contributed by atoms with Crippen molar-refractivity contribution in [3.05, 3.63) is 47.8 Å². The first-order chi connectivity index (χ1) is 24.4. The highest BCUT2D eigenvalue weighted by atomic mass is 32.2. The largest absolute Gasteiger partial charge is 0.508 e. The Morgan fingerprint density at radius 1 is 0.961 bits per heavy atom. The SMILES string of the molecule is Oc1cc(-c2c(SC(F)(F)F)cc3c(N4CC5CCC(C4)N5)nc(OCC4(CN5C[C@H]6COC[C@H]6C5)CC4)nc3c2F)c2c(F)c(F)ccc2c1. The van der Waals surface area contributed by atoms with Gasteiger partial charge in [-0.2, -0.15) is 23.1 Å². The summed E-state index contributed by atoms with van der Waals surface area (Å²) in [7, 11) is 0. The van der Waals surface area contributed by atoms with Gasteiger partial charge < -0.3 is 29.7 Å². The molecule has 5 heterocycles. The highest BCUT2D eigenvalue weighted by Crippen LogP contribution is 2.50. The molecule has 15 heteroatoms. The maximum atomic E-state index is 17.2. The van der Waals surface area contributed by atoms with Gasteiger partial charge in [0.05, 0.1) is 19.8 Å². The van der Waals surface area contributed by atoms with Crippen LogP contribution in [0.5, 0.6) is 11.8 Å². The number of hydrogen-bond donors (Lipinski definition) is 2. The van der Waals surface area contributed by atoms with Crippen LogP contribution in [0.25, 0.3) is 32.8 Å². The Morgan fingerprint density at radius 2 is 1.69 bits per heavy atom. The zero-order valence-corrected chi connectivity index (χ0v) is 28.2. The van der Waals surface area contributed by atoms with E-state index in [0.717, 1.165) is 76.7 Å². The van der Waals surface area contributed by atoms with Gasteiger partial charge in [-0.25, -0.2) is 13.2 Å². The van der Waals surface area contributed by atoms with Crippen LogP contribution in [0.1, 0.15) is 25.7 Å². The molecular formula is C36H35F6N5O3S. The molecule has 1 aromatic heterocycles. The molecule has 51 heavy (non-hydrogen) atoms. The van der Waals surface area contributed by atoms with E-state index < -0.39 is 61.9 Å². The molecule has 0 radical (unpaired) electrons. The Hall–Kier alpha value is -3.53. The molecule has 270 valence electrons. The van der Waals surface area contributed by atoms with Gasteiger partial charge in [0.2, 0.25) is 0 Å². The van der Waals surface area contributed by atoms with E-state index in [4.69, 9.17) is 14.5 Å². The zero-order valence-electron chi connectivity index (χ0n) is 27.4. The van der Waals surface area contributed by atoms with Crippen LogP contribution in [0.15, 0.2) is 35.2 Å². The molecular weight excluding hydrogens is 696 g/mol. The van der Waals surface area contributed by atoms with Gasteiger partial charge in [0.15, 0.2) is 17.5 Å². The van der Waals surface area contributed by atoms with Crippen LogP contribution in [0.4, 0.5) is 32.2 Å². The first-order valence-corrected chi connectivity index (χ1v) is 18.1. The van der Waals surface area contributed by atoms with Gasteiger partial charge in [0.25, 0.3) is 0 Å². The summed E-state index contributed by atoms with van der Waals surface area (Å²) in [6, 6.07) is 5.40. The standard InChI is InChI=1S/C36H35F6N5O3S/c37-26-4-1-18-7-23(48)8-24(28(18)30(26)38)29-27(51-36(40,41)42)9-25-32(31(29)39)44-34(45-33(25)47-12-21-2-3-22(13-47)43-21)50-17-35(5-6-35)16-46-10-19-14-49-15-20(19)11-46/h1,4,7-9,19-22,43,48H,2-3,5-6,10-17H2/t19-,20+,21?,22?. The number of alkyl halides is 3. The molecule has 2 N–H and O–H groups in total. The molecule has 5 fully saturated rings. The quantitative estimate of drug-likeness (QED) is 0.149. The van der Waals surface area contributed by atoms with Crippen LogP contribution in [0.2, 0.25) is 0 Å². The number of likely N-dealkylation sites (tertiary alicyclic amines) is 1. The second-order valence-electron chi connectivity index (χ2n) is 14.9. The van der Waals surface area contributed by atoms with Crippen molar-refractivity contribution in [1.82, 2.24) is 20.2 Å². The highest BCUT2D eigenvalue weighted by molar-refractivity contribution is 8.00. The Bertz CT molecular complexity index is 2020. The fourth-order valence-electron chi connectivity index (χ4n) is 8.61. The predicted molar refractivity (Wildman–Crippen MR) is 179 cm³/mol. The minimum absolute atomic E-state index is 0.0149. The van der Waals surface area contributed by atoms with E-state index in [-0.39, 0.29) is 52.2 Å². The Morgan fingerprint density at radius 3 is 2.37 bits per heavy atom. The van der Waals surface area contributed by atoms with E-state index in [1.165, 1.54) is 12.1 Å². The number of nitrogens with one attached hydrogen (secondary N) is 1. The smallest absolute Gasteiger partial charge is 0.446 e. The number of fused-ring (bicyclic) bond motifs is 5. The number of aromatic hydroxyl groups is 1. The van der Waals surface area contributed by atoms with Gasteiger partial charge in [-0.1, -0.05) is 6.07 Å². The number of halogens is 6. The van der Waals surface area contributed by atoms with E-state index in [0.29, 0.717) is 24.9 Å². The second-order valence-corrected chi connectivity index (χ2v) is 16.0. The van der Waals surface area contributed by atoms with Crippen molar-refractivity contribution in [3.8, 4) is 22.9 Å². The molecule has 1 saturated carbocycles. The Labute approximate surface area is 293 Å². The van der Waals surface area contributed by atoms with Crippen molar-refractivity contribution in [2.24, 2.45) is 17.3 Å². The number of aromatic nitrogens is 2. The van der Waals surface area contributed by atoms with Crippen molar-refractivity contribution in [2.45, 2.75) is 48.2 Å². The zero-order chi connectivity index (χ0) is 35.2. The summed E-state index contributed by atoms with van der Waals surface area (Å²) in [4.78, 5) is 13.0. The summed E-state index contributed by atoms with van der Waals surface area (Å²) in [5, 5.41) is 13.6. The minimum atomic E-state index is -4.87. The number of anilines is 1. The number of piperazine rings is 1. The number of hydrogen-bond acceptors (Lipinski definition) is 9.